The van der Waals surface area contributed by atoms with Crippen molar-refractivity contribution in [1.29, 1.82) is 0 Å². The summed E-state index contributed by atoms with van der Waals surface area (Å²) < 4.78 is 11.0. The van der Waals surface area contributed by atoms with Gasteiger partial charge in [0.2, 0.25) is 0 Å². The van der Waals surface area contributed by atoms with Crippen LogP contribution in [0.15, 0.2) is 21.1 Å². The van der Waals surface area contributed by atoms with Crippen LogP contribution in [-0.2, 0) is 9.47 Å². The summed E-state index contributed by atoms with van der Waals surface area (Å²) >= 11 is 3.53. The summed E-state index contributed by atoms with van der Waals surface area (Å²) in [5.41, 5.74) is 1.33. The van der Waals surface area contributed by atoms with Crippen molar-refractivity contribution in [3.05, 3.63) is 11.1 Å². The van der Waals surface area contributed by atoms with Crippen LogP contribution in [-0.4, -0.2) is 71.6 Å². The van der Waals surface area contributed by atoms with E-state index in [2.05, 4.69) is 15.6 Å². The van der Waals surface area contributed by atoms with Crippen molar-refractivity contribution in [2.24, 2.45) is 9.98 Å². The van der Waals surface area contributed by atoms with Crippen LogP contribution < -0.4 is 5.32 Å². The molecular weight excluding hydrogens is 308 g/mol. The molecule has 0 aromatic heterocycles. The summed E-state index contributed by atoms with van der Waals surface area (Å²) in [5.74, 6) is 0.932. The van der Waals surface area contributed by atoms with Crippen LogP contribution in [0, 0.1) is 0 Å². The first-order valence-corrected chi connectivity index (χ1v) is 9.10. The van der Waals surface area contributed by atoms with Crippen LogP contribution >= 0.6 is 23.5 Å². The van der Waals surface area contributed by atoms with Crippen LogP contribution in [0.3, 0.4) is 0 Å². The van der Waals surface area contributed by atoms with Crippen molar-refractivity contribution >= 4 is 33.9 Å². The molecule has 2 fully saturated rings. The molecule has 0 spiro atoms. The molecule has 2 saturated heterocycles. The van der Waals surface area contributed by atoms with E-state index in [9.17, 15) is 0 Å². The van der Waals surface area contributed by atoms with Gasteiger partial charge in [0.1, 0.15) is 0 Å². The molecular formula is C13H16N4O2S2. The fourth-order valence-corrected chi connectivity index (χ4v) is 5.39. The highest BCUT2D eigenvalue weighted by molar-refractivity contribution is 8.17. The minimum atomic E-state index is 0.316. The van der Waals surface area contributed by atoms with Gasteiger partial charge in [0, 0.05) is 11.4 Å². The number of fused-ring (bicyclic) bond motifs is 4. The first-order valence-electron chi connectivity index (χ1n) is 7.24. The molecule has 21 heavy (non-hydrogen) atoms. The Morgan fingerprint density at radius 3 is 3.10 bits per heavy atom. The molecule has 0 unspecified atom stereocenters. The number of ether oxygens (including phenoxy) is 2. The maximum Gasteiger partial charge on any atom is 0.168 e. The minimum absolute atomic E-state index is 0.316. The van der Waals surface area contributed by atoms with E-state index >= 15 is 0 Å². The summed E-state index contributed by atoms with van der Waals surface area (Å²) in [4.78, 5) is 11.8. The minimum Gasteiger partial charge on any atom is -0.377 e. The molecule has 5 aliphatic heterocycles. The van der Waals surface area contributed by atoms with Gasteiger partial charge >= 0.3 is 0 Å². The van der Waals surface area contributed by atoms with Crippen LogP contribution in [0.25, 0.3) is 0 Å². The van der Waals surface area contributed by atoms with E-state index in [0.29, 0.717) is 24.2 Å². The SMILES string of the molecule is C1=C(CSC2=N[C@@H]3COC[C@@H]3N2)N2C(=N[C@H]3COC[C@H]32)S1. The third kappa shape index (κ3) is 2.03. The van der Waals surface area contributed by atoms with Crippen LogP contribution in [0.4, 0.5) is 0 Å². The Morgan fingerprint density at radius 1 is 1.24 bits per heavy atom. The number of hydrogen-bond donors (Lipinski definition) is 1. The molecule has 0 saturated carbocycles. The van der Waals surface area contributed by atoms with Gasteiger partial charge in [-0.25, -0.2) is 0 Å². The van der Waals surface area contributed by atoms with E-state index in [1.54, 1.807) is 23.5 Å². The monoisotopic (exact) mass is 324 g/mol. The van der Waals surface area contributed by atoms with E-state index in [1.807, 2.05) is 0 Å². The van der Waals surface area contributed by atoms with Crippen molar-refractivity contribution in [2.45, 2.75) is 24.2 Å². The average Bonchev–Trinajstić information content (AvgIpc) is 3.20. The van der Waals surface area contributed by atoms with Gasteiger partial charge in [0.25, 0.3) is 0 Å². The fourth-order valence-electron chi connectivity index (χ4n) is 3.33. The predicted octanol–water partition coefficient (Wildman–Crippen LogP) is 0.473. The number of amidine groups is 2. The topological polar surface area (TPSA) is 58.5 Å². The molecule has 0 aromatic rings. The van der Waals surface area contributed by atoms with Crippen molar-refractivity contribution < 1.29 is 9.47 Å². The zero-order chi connectivity index (χ0) is 13.8. The molecule has 6 nitrogen and oxygen atoms in total. The third-order valence-corrected chi connectivity index (χ3v) is 6.28. The second-order valence-corrected chi connectivity index (χ2v) is 7.56. The van der Waals surface area contributed by atoms with Gasteiger partial charge in [-0.15, -0.1) is 0 Å². The lowest BCUT2D eigenvalue weighted by Gasteiger charge is -2.23. The van der Waals surface area contributed by atoms with Crippen molar-refractivity contribution in [2.75, 3.05) is 32.2 Å². The second-order valence-electron chi connectivity index (χ2n) is 5.76. The third-order valence-electron chi connectivity index (χ3n) is 4.44. The maximum atomic E-state index is 5.55. The molecule has 1 N–H and O–H groups in total. The first kappa shape index (κ1) is 12.8. The quantitative estimate of drug-likeness (QED) is 0.797. The molecule has 0 amide bonds. The zero-order valence-corrected chi connectivity index (χ0v) is 13.0. The van der Waals surface area contributed by atoms with Crippen LogP contribution in [0.1, 0.15) is 0 Å². The lowest BCUT2D eigenvalue weighted by Crippen LogP contribution is -2.37. The van der Waals surface area contributed by atoms with Gasteiger partial charge in [-0.05, 0) is 5.41 Å². The molecule has 0 radical (unpaired) electrons. The highest BCUT2D eigenvalue weighted by atomic mass is 32.2. The Bertz CT molecular complexity index is 564. The van der Waals surface area contributed by atoms with Gasteiger partial charge in [-0.2, -0.15) is 0 Å². The second kappa shape index (κ2) is 4.91. The first-order chi connectivity index (χ1) is 10.4. The van der Waals surface area contributed by atoms with E-state index in [-0.39, 0.29) is 0 Å². The summed E-state index contributed by atoms with van der Waals surface area (Å²) in [6.45, 7) is 3.09. The largest absolute Gasteiger partial charge is 0.377 e. The predicted molar refractivity (Wildman–Crippen MR) is 84.8 cm³/mol. The number of nitrogens with one attached hydrogen (secondary N) is 1. The van der Waals surface area contributed by atoms with Crippen molar-refractivity contribution in [1.82, 2.24) is 10.2 Å². The van der Waals surface area contributed by atoms with Crippen molar-refractivity contribution in [3.8, 4) is 0 Å². The molecule has 112 valence electrons. The smallest absolute Gasteiger partial charge is 0.168 e. The number of aliphatic imine (C=N–C) groups is 2. The average molecular weight is 324 g/mol. The van der Waals surface area contributed by atoms with E-state index < -0.39 is 0 Å². The number of hydrogen-bond acceptors (Lipinski definition) is 8. The molecule has 5 heterocycles. The highest BCUT2D eigenvalue weighted by Gasteiger charge is 2.44. The Kier molecular flexibility index (Phi) is 2.99. The van der Waals surface area contributed by atoms with Gasteiger partial charge in [0.15, 0.2) is 10.3 Å². The summed E-state index contributed by atoms with van der Waals surface area (Å²) in [7, 11) is 0. The molecule has 8 heteroatoms. The van der Waals surface area contributed by atoms with Crippen molar-refractivity contribution in [3.63, 3.8) is 0 Å². The van der Waals surface area contributed by atoms with Gasteiger partial charge in [-0.3, -0.25) is 9.98 Å². The molecule has 5 aliphatic rings. The summed E-state index contributed by atoms with van der Waals surface area (Å²) in [5, 5.41) is 7.89. The normalized spacial score (nSPS) is 39.6. The van der Waals surface area contributed by atoms with Gasteiger partial charge in [-0.1, -0.05) is 23.5 Å². The Morgan fingerprint density at radius 2 is 2.14 bits per heavy atom. The van der Waals surface area contributed by atoms with E-state index in [1.165, 1.54) is 5.70 Å². The molecule has 5 rings (SSSR count). The zero-order valence-electron chi connectivity index (χ0n) is 11.4. The lowest BCUT2D eigenvalue weighted by molar-refractivity contribution is 0.178. The van der Waals surface area contributed by atoms with Gasteiger partial charge < -0.3 is 19.7 Å². The Balaban J connectivity index is 1.25. The number of thioether (sulfide) groups is 2. The molecule has 0 aromatic carbocycles. The summed E-state index contributed by atoms with van der Waals surface area (Å²) in [6, 6.07) is 1.44. The standard InChI is InChI=1S/C13H16N4O2S2/c1-8-9(2-18-1)15-12(14-8)20-5-7-6-21-13-16-10-3-19-4-11(10)17(7)13/h6,8-11H,1-5H2,(H,14,15)/t8-,9+,10-,11+/m0/s1. The van der Waals surface area contributed by atoms with Crippen LogP contribution in [0.5, 0.6) is 0 Å². The molecule has 0 aliphatic carbocycles. The maximum absolute atomic E-state index is 5.55. The Hall–Kier alpha value is -0.700. The number of rotatable bonds is 2. The van der Waals surface area contributed by atoms with Gasteiger partial charge in [0.05, 0.1) is 50.6 Å². The molecule has 4 atom stereocenters. The fraction of sp³-hybridized carbons (Fsp3) is 0.692. The Labute approximate surface area is 131 Å². The van der Waals surface area contributed by atoms with E-state index in [4.69, 9.17) is 19.5 Å². The highest BCUT2D eigenvalue weighted by Crippen LogP contribution is 2.38. The lowest BCUT2D eigenvalue weighted by atomic mass is 10.2. The summed E-state index contributed by atoms with van der Waals surface area (Å²) in [6.07, 6.45) is 0. The van der Waals surface area contributed by atoms with E-state index in [0.717, 1.165) is 42.5 Å². The molecule has 0 bridgehead atoms. The number of nitrogens with zero attached hydrogens (tertiary/aromatic N) is 3. The van der Waals surface area contributed by atoms with Crippen LogP contribution in [0.2, 0.25) is 0 Å².